The van der Waals surface area contributed by atoms with Gasteiger partial charge in [-0.3, -0.25) is 4.79 Å². The van der Waals surface area contributed by atoms with Gasteiger partial charge in [0.25, 0.3) is 0 Å². The maximum absolute atomic E-state index is 11.3. The minimum Gasteiger partial charge on any atom is -0.295 e. The molecule has 2 saturated carbocycles. The van der Waals surface area contributed by atoms with Crippen LogP contribution in [0.5, 0.6) is 0 Å². The molecule has 0 spiro atoms. The first kappa shape index (κ1) is 8.98. The highest BCUT2D eigenvalue weighted by Crippen LogP contribution is 2.57. The number of hydrogen-bond donors (Lipinski definition) is 0. The Morgan fingerprint density at radius 3 is 2.85 bits per heavy atom. The molecular weight excluding hydrogens is 160 g/mol. The van der Waals surface area contributed by atoms with Gasteiger partial charge in [-0.2, -0.15) is 0 Å². The van der Waals surface area contributed by atoms with Crippen molar-refractivity contribution in [1.82, 2.24) is 0 Å². The predicted octanol–water partition coefficient (Wildman–Crippen LogP) is 2.96. The fourth-order valence-corrected chi connectivity index (χ4v) is 3.41. The molecular formula is C12H18O. The zero-order valence-corrected chi connectivity index (χ0v) is 8.38. The van der Waals surface area contributed by atoms with Crippen molar-refractivity contribution < 1.29 is 4.79 Å². The molecule has 2 bridgehead atoms. The lowest BCUT2D eigenvalue weighted by Gasteiger charge is -2.33. The molecule has 0 saturated heterocycles. The van der Waals surface area contributed by atoms with E-state index in [0.717, 1.165) is 18.3 Å². The van der Waals surface area contributed by atoms with E-state index in [1.165, 1.54) is 31.8 Å². The van der Waals surface area contributed by atoms with Crippen LogP contribution in [0, 0.1) is 17.3 Å². The van der Waals surface area contributed by atoms with E-state index in [2.05, 4.69) is 13.5 Å². The minimum absolute atomic E-state index is 0.232. The lowest BCUT2D eigenvalue weighted by Crippen LogP contribution is -2.26. The summed E-state index contributed by atoms with van der Waals surface area (Å²) in [7, 11) is 0. The maximum atomic E-state index is 11.3. The molecule has 2 aliphatic carbocycles. The number of rotatable bonds is 3. The third-order valence-electron chi connectivity index (χ3n) is 4.09. The summed E-state index contributed by atoms with van der Waals surface area (Å²) in [4.78, 5) is 11.3. The highest BCUT2D eigenvalue weighted by atomic mass is 16.1. The number of carbonyl (C=O) groups is 1. The highest BCUT2D eigenvalue weighted by Gasteiger charge is 2.48. The van der Waals surface area contributed by atoms with Crippen LogP contribution in [0.1, 0.15) is 39.0 Å². The molecule has 0 heterocycles. The molecule has 2 fully saturated rings. The maximum Gasteiger partial charge on any atom is 0.155 e. The molecule has 0 aromatic carbocycles. The van der Waals surface area contributed by atoms with Gasteiger partial charge in [0.05, 0.1) is 0 Å². The zero-order valence-electron chi connectivity index (χ0n) is 8.38. The standard InChI is InChI=1S/C12H18O/c1-3-11(13)8-12(2)7-9-4-5-10(12)6-9/h3,9-10H,1,4-8H2,2H3. The monoisotopic (exact) mass is 178 g/mol. The molecule has 0 aliphatic heterocycles. The second kappa shape index (κ2) is 2.97. The molecule has 1 nitrogen and oxygen atoms in total. The topological polar surface area (TPSA) is 17.1 Å². The second-order valence-corrected chi connectivity index (χ2v) is 5.08. The molecule has 1 heteroatoms. The SMILES string of the molecule is C=CC(=O)CC1(C)CC2CCC1C2. The van der Waals surface area contributed by atoms with Gasteiger partial charge in [-0.1, -0.05) is 19.9 Å². The van der Waals surface area contributed by atoms with Gasteiger partial charge in [0.15, 0.2) is 5.78 Å². The third kappa shape index (κ3) is 1.45. The Bertz CT molecular complexity index is 244. The van der Waals surface area contributed by atoms with E-state index in [-0.39, 0.29) is 5.78 Å². The average molecular weight is 178 g/mol. The Labute approximate surface area is 80.2 Å². The minimum atomic E-state index is 0.232. The van der Waals surface area contributed by atoms with Gasteiger partial charge in [0, 0.05) is 6.42 Å². The summed E-state index contributed by atoms with van der Waals surface area (Å²) in [5.41, 5.74) is 0.314. The molecule has 3 unspecified atom stereocenters. The fourth-order valence-electron chi connectivity index (χ4n) is 3.41. The zero-order chi connectivity index (χ0) is 9.47. The van der Waals surface area contributed by atoms with Crippen molar-refractivity contribution in [3.8, 4) is 0 Å². The Hall–Kier alpha value is -0.590. The normalized spacial score (nSPS) is 42.2. The number of ketones is 1. The molecule has 0 aromatic heterocycles. The molecule has 2 aliphatic rings. The molecule has 72 valence electrons. The van der Waals surface area contributed by atoms with Crippen LogP contribution < -0.4 is 0 Å². The van der Waals surface area contributed by atoms with Crippen LogP contribution in [-0.2, 0) is 4.79 Å². The molecule has 13 heavy (non-hydrogen) atoms. The lowest BCUT2D eigenvalue weighted by atomic mass is 9.71. The number of carbonyl (C=O) groups excluding carboxylic acids is 1. The van der Waals surface area contributed by atoms with Gasteiger partial charge in [-0.25, -0.2) is 0 Å². The summed E-state index contributed by atoms with van der Waals surface area (Å²) >= 11 is 0. The van der Waals surface area contributed by atoms with Crippen molar-refractivity contribution in [2.75, 3.05) is 0 Å². The van der Waals surface area contributed by atoms with E-state index >= 15 is 0 Å². The summed E-state index contributed by atoms with van der Waals surface area (Å²) in [6.45, 7) is 5.84. The van der Waals surface area contributed by atoms with Crippen molar-refractivity contribution in [3.05, 3.63) is 12.7 Å². The van der Waals surface area contributed by atoms with Crippen molar-refractivity contribution in [2.24, 2.45) is 17.3 Å². The Morgan fingerprint density at radius 2 is 2.38 bits per heavy atom. The van der Waals surface area contributed by atoms with Crippen LogP contribution in [0.15, 0.2) is 12.7 Å². The van der Waals surface area contributed by atoms with Crippen LogP contribution in [-0.4, -0.2) is 5.78 Å². The van der Waals surface area contributed by atoms with Gasteiger partial charge < -0.3 is 0 Å². The predicted molar refractivity (Wildman–Crippen MR) is 53.4 cm³/mol. The van der Waals surface area contributed by atoms with Gasteiger partial charge in [-0.15, -0.1) is 0 Å². The van der Waals surface area contributed by atoms with Crippen molar-refractivity contribution in [1.29, 1.82) is 0 Å². The molecule has 3 atom stereocenters. The fraction of sp³-hybridized carbons (Fsp3) is 0.750. The first-order chi connectivity index (χ1) is 6.14. The summed E-state index contributed by atoms with van der Waals surface area (Å²) in [6, 6.07) is 0. The van der Waals surface area contributed by atoms with Gasteiger partial charge >= 0.3 is 0 Å². The Kier molecular flexibility index (Phi) is 2.05. The number of fused-ring (bicyclic) bond motifs is 2. The number of hydrogen-bond acceptors (Lipinski definition) is 1. The Morgan fingerprint density at radius 1 is 1.62 bits per heavy atom. The summed E-state index contributed by atoms with van der Waals surface area (Å²) in [5, 5.41) is 0. The smallest absolute Gasteiger partial charge is 0.155 e. The number of allylic oxidation sites excluding steroid dienone is 1. The molecule has 0 aromatic rings. The van der Waals surface area contributed by atoms with E-state index < -0.39 is 0 Å². The first-order valence-electron chi connectivity index (χ1n) is 5.29. The molecule has 0 N–H and O–H groups in total. The lowest BCUT2D eigenvalue weighted by molar-refractivity contribution is -0.117. The van der Waals surface area contributed by atoms with Crippen molar-refractivity contribution >= 4 is 5.78 Å². The second-order valence-electron chi connectivity index (χ2n) is 5.08. The Balaban J connectivity index is 2.05. The van der Waals surface area contributed by atoms with Gasteiger partial charge in [0.1, 0.15) is 0 Å². The largest absolute Gasteiger partial charge is 0.295 e. The molecule has 2 rings (SSSR count). The highest BCUT2D eigenvalue weighted by molar-refractivity contribution is 5.89. The summed E-state index contributed by atoms with van der Waals surface area (Å²) in [6.07, 6.45) is 7.63. The average Bonchev–Trinajstić information content (AvgIpc) is 2.62. The van der Waals surface area contributed by atoms with Gasteiger partial charge in [-0.05, 0) is 42.6 Å². The third-order valence-corrected chi connectivity index (χ3v) is 4.09. The molecule has 0 amide bonds. The van der Waals surface area contributed by atoms with Crippen molar-refractivity contribution in [2.45, 2.75) is 39.0 Å². The van der Waals surface area contributed by atoms with E-state index in [1.54, 1.807) is 0 Å². The van der Waals surface area contributed by atoms with E-state index in [0.29, 0.717) is 5.41 Å². The van der Waals surface area contributed by atoms with Crippen LogP contribution >= 0.6 is 0 Å². The van der Waals surface area contributed by atoms with Crippen molar-refractivity contribution in [3.63, 3.8) is 0 Å². The quantitative estimate of drug-likeness (QED) is 0.607. The van der Waals surface area contributed by atoms with Crippen LogP contribution in [0.25, 0.3) is 0 Å². The van der Waals surface area contributed by atoms with Gasteiger partial charge in [0.2, 0.25) is 0 Å². The van der Waals surface area contributed by atoms with E-state index in [4.69, 9.17) is 0 Å². The van der Waals surface area contributed by atoms with Crippen LogP contribution in [0.2, 0.25) is 0 Å². The first-order valence-corrected chi connectivity index (χ1v) is 5.29. The van der Waals surface area contributed by atoms with E-state index in [1.807, 2.05) is 0 Å². The summed E-state index contributed by atoms with van der Waals surface area (Å²) in [5.74, 6) is 1.98. The van der Waals surface area contributed by atoms with Crippen LogP contribution in [0.4, 0.5) is 0 Å². The van der Waals surface area contributed by atoms with E-state index in [9.17, 15) is 4.79 Å². The van der Waals surface area contributed by atoms with Crippen LogP contribution in [0.3, 0.4) is 0 Å². The summed E-state index contributed by atoms with van der Waals surface area (Å²) < 4.78 is 0. The molecule has 0 radical (unpaired) electrons.